The highest BCUT2D eigenvalue weighted by Gasteiger charge is 2.55. The minimum atomic E-state index is -1.92. The molecule has 18 nitrogen and oxygen atoms in total. The largest absolute Gasteiger partial charge is 0.394 e. The second-order valence-electron chi connectivity index (χ2n) is 11.1. The van der Waals surface area contributed by atoms with E-state index in [0.717, 1.165) is 0 Å². The summed E-state index contributed by atoms with van der Waals surface area (Å²) in [5.74, 6) is 0. The summed E-state index contributed by atoms with van der Waals surface area (Å²) in [5, 5.41) is 114. The summed E-state index contributed by atoms with van der Waals surface area (Å²) >= 11 is 0. The summed E-state index contributed by atoms with van der Waals surface area (Å²) in [6.07, 6.45) is -31.5. The Morgan fingerprint density at radius 3 is 1.31 bits per heavy atom. The minimum Gasteiger partial charge on any atom is -0.394 e. The third kappa shape index (κ3) is 6.62. The Kier molecular flexibility index (Phi) is 11.2. The molecule has 0 aromatic rings. The molecule has 0 radical (unpaired) electrons. The van der Waals surface area contributed by atoms with Crippen molar-refractivity contribution in [3.05, 3.63) is 0 Å². The third-order valence-corrected chi connectivity index (χ3v) is 8.09. The highest BCUT2D eigenvalue weighted by Crippen LogP contribution is 2.34. The number of ether oxygens (including phenoxy) is 7. The Morgan fingerprint density at radius 1 is 0.429 bits per heavy atom. The van der Waals surface area contributed by atoms with E-state index in [9.17, 15) is 56.2 Å². The van der Waals surface area contributed by atoms with Gasteiger partial charge >= 0.3 is 0 Å². The van der Waals surface area contributed by atoms with Crippen LogP contribution in [0.15, 0.2) is 0 Å². The van der Waals surface area contributed by atoms with Gasteiger partial charge in [0.05, 0.1) is 24.9 Å². The second kappa shape index (κ2) is 13.7. The predicted molar refractivity (Wildman–Crippen MR) is 130 cm³/mol. The van der Waals surface area contributed by atoms with Crippen molar-refractivity contribution in [2.75, 3.05) is 6.61 Å². The topological polar surface area (TPSA) is 287 Å². The molecule has 1 unspecified atom stereocenters. The van der Waals surface area contributed by atoms with Gasteiger partial charge in [-0.25, -0.2) is 0 Å². The lowest BCUT2D eigenvalue weighted by atomic mass is 9.96. The molecule has 42 heavy (non-hydrogen) atoms. The molecule has 4 aliphatic heterocycles. The molecule has 20 atom stereocenters. The van der Waals surface area contributed by atoms with Crippen molar-refractivity contribution in [3.63, 3.8) is 0 Å². The van der Waals surface area contributed by atoms with E-state index in [-0.39, 0.29) is 0 Å². The van der Waals surface area contributed by atoms with Gasteiger partial charge in [-0.15, -0.1) is 0 Å². The van der Waals surface area contributed by atoms with E-state index in [2.05, 4.69) is 0 Å². The van der Waals surface area contributed by atoms with Crippen LogP contribution >= 0.6 is 0 Å². The Labute approximate surface area is 240 Å². The zero-order valence-corrected chi connectivity index (χ0v) is 23.0. The Morgan fingerprint density at radius 2 is 0.833 bits per heavy atom. The van der Waals surface area contributed by atoms with E-state index >= 15 is 0 Å². The molecule has 0 bridgehead atoms. The molecule has 246 valence electrons. The second-order valence-corrected chi connectivity index (χ2v) is 11.1. The van der Waals surface area contributed by atoms with Gasteiger partial charge in [0, 0.05) is 0 Å². The molecule has 4 aliphatic rings. The molecule has 0 saturated carbocycles. The van der Waals surface area contributed by atoms with Crippen LogP contribution in [0.25, 0.3) is 0 Å². The first-order valence-corrected chi connectivity index (χ1v) is 13.7. The Bertz CT molecular complexity index is 869. The van der Waals surface area contributed by atoms with Gasteiger partial charge in [-0.3, -0.25) is 0 Å². The van der Waals surface area contributed by atoms with Gasteiger partial charge in [0.15, 0.2) is 25.2 Å². The highest BCUT2D eigenvalue weighted by atomic mass is 16.8. The van der Waals surface area contributed by atoms with Crippen molar-refractivity contribution in [3.8, 4) is 0 Å². The van der Waals surface area contributed by atoms with Crippen LogP contribution in [0.5, 0.6) is 0 Å². The molecule has 11 N–H and O–H groups in total. The fourth-order valence-corrected chi connectivity index (χ4v) is 5.35. The van der Waals surface area contributed by atoms with Gasteiger partial charge in [-0.2, -0.15) is 0 Å². The molecular weight excluding hydrogens is 576 g/mol. The number of aliphatic hydroxyl groups is 11. The average Bonchev–Trinajstić information content (AvgIpc) is 2.96. The van der Waals surface area contributed by atoms with Gasteiger partial charge in [-0.1, -0.05) is 0 Å². The molecule has 0 aromatic carbocycles. The summed E-state index contributed by atoms with van der Waals surface area (Å²) in [7, 11) is 0. The van der Waals surface area contributed by atoms with Gasteiger partial charge in [0.2, 0.25) is 0 Å². The maximum atomic E-state index is 10.9. The lowest BCUT2D eigenvalue weighted by Gasteiger charge is -2.49. The average molecular weight is 619 g/mol. The van der Waals surface area contributed by atoms with E-state index < -0.39 is 129 Å². The molecule has 0 aromatic heterocycles. The van der Waals surface area contributed by atoms with Crippen LogP contribution in [0.3, 0.4) is 0 Å². The fourth-order valence-electron chi connectivity index (χ4n) is 5.35. The van der Waals surface area contributed by atoms with Gasteiger partial charge in [0.1, 0.15) is 79.4 Å². The molecule has 0 amide bonds. The summed E-state index contributed by atoms with van der Waals surface area (Å²) in [5.41, 5.74) is 0. The van der Waals surface area contributed by atoms with Crippen molar-refractivity contribution in [1.82, 2.24) is 0 Å². The maximum absolute atomic E-state index is 10.9. The first-order valence-electron chi connectivity index (χ1n) is 13.7. The first kappa shape index (κ1) is 34.2. The highest BCUT2D eigenvalue weighted by molar-refractivity contribution is 4.97. The maximum Gasteiger partial charge on any atom is 0.187 e. The number of rotatable bonds is 7. The smallest absolute Gasteiger partial charge is 0.187 e. The van der Waals surface area contributed by atoms with E-state index in [1.54, 1.807) is 0 Å². The third-order valence-electron chi connectivity index (χ3n) is 8.09. The molecule has 4 fully saturated rings. The molecule has 18 heteroatoms. The van der Waals surface area contributed by atoms with E-state index in [1.165, 1.54) is 20.8 Å². The molecular formula is C24H42O18. The van der Waals surface area contributed by atoms with Crippen molar-refractivity contribution >= 4 is 0 Å². The van der Waals surface area contributed by atoms with Crippen LogP contribution in [0.2, 0.25) is 0 Å². The zero-order valence-electron chi connectivity index (χ0n) is 23.0. The lowest BCUT2D eigenvalue weighted by Crippen LogP contribution is -2.67. The van der Waals surface area contributed by atoms with E-state index in [1.807, 2.05) is 0 Å². The van der Waals surface area contributed by atoms with E-state index in [4.69, 9.17) is 33.2 Å². The summed E-state index contributed by atoms with van der Waals surface area (Å²) in [4.78, 5) is 0. The molecule has 4 saturated heterocycles. The summed E-state index contributed by atoms with van der Waals surface area (Å²) < 4.78 is 39.2. The standard InChI is InChI=1S/C24H42O18/c1-5-9(26)12(29)15(32)22(36-5)41-19-17(34)21(35)39-8(4-25)18(19)40-24-20(14(31)11(28)7(3)38-24)42-23-16(33)13(30)10(27)6(2)37-23/h5-35H,4H2,1-3H3/t5-,6-,7-,8+,9-,10-,11-,12+,13+,14+,15+,16+,17+,18+,19+,20+,21?,22-,23-,24-/m0/s1. The number of hydrogen-bond donors (Lipinski definition) is 11. The number of aliphatic hydroxyl groups excluding tert-OH is 11. The SMILES string of the molecule is C[C@@H]1O[C@@H](O[C@H]2[C@H](O[C@H]3[C@H](O[C@@H]4O[C@@H](C)[C@H](O)[C@@H](O)[C@H]4O)[C@@H](O)C(O)O[C@@H]3CO)O[C@@H](C)[C@H](O)[C@H]2O)[C@H](O)[C@H](O)[C@H]1O. The van der Waals surface area contributed by atoms with Crippen molar-refractivity contribution < 1.29 is 89.3 Å². The normalized spacial score (nSPS) is 55.9. The fraction of sp³-hybridized carbons (Fsp3) is 1.00. The van der Waals surface area contributed by atoms with Gasteiger partial charge < -0.3 is 89.3 Å². The number of hydrogen-bond acceptors (Lipinski definition) is 18. The monoisotopic (exact) mass is 618 g/mol. The van der Waals surface area contributed by atoms with Crippen LogP contribution in [-0.2, 0) is 33.2 Å². The predicted octanol–water partition coefficient (Wildman–Crippen LogP) is -6.67. The zero-order chi connectivity index (χ0) is 31.2. The van der Waals surface area contributed by atoms with Crippen LogP contribution in [-0.4, -0.2) is 186 Å². The van der Waals surface area contributed by atoms with Gasteiger partial charge in [-0.05, 0) is 20.8 Å². The quantitative estimate of drug-likeness (QED) is 0.126. The molecule has 4 rings (SSSR count). The van der Waals surface area contributed by atoms with Crippen LogP contribution in [0.4, 0.5) is 0 Å². The lowest BCUT2D eigenvalue weighted by molar-refractivity contribution is -0.396. The van der Waals surface area contributed by atoms with Crippen LogP contribution < -0.4 is 0 Å². The van der Waals surface area contributed by atoms with Crippen molar-refractivity contribution in [2.45, 2.75) is 144 Å². The Balaban J connectivity index is 1.60. The molecule has 0 spiro atoms. The molecule has 0 aliphatic carbocycles. The van der Waals surface area contributed by atoms with Crippen LogP contribution in [0.1, 0.15) is 20.8 Å². The first-order chi connectivity index (χ1) is 19.7. The Hall–Kier alpha value is -0.720. The summed E-state index contributed by atoms with van der Waals surface area (Å²) in [6.45, 7) is 3.36. The summed E-state index contributed by atoms with van der Waals surface area (Å²) in [6, 6.07) is 0. The van der Waals surface area contributed by atoms with Crippen molar-refractivity contribution in [2.24, 2.45) is 0 Å². The van der Waals surface area contributed by atoms with E-state index in [0.29, 0.717) is 0 Å². The van der Waals surface area contributed by atoms with Gasteiger partial charge in [0.25, 0.3) is 0 Å². The minimum absolute atomic E-state index is 0.814. The van der Waals surface area contributed by atoms with Crippen LogP contribution in [0, 0.1) is 0 Å². The van der Waals surface area contributed by atoms with Crippen molar-refractivity contribution in [1.29, 1.82) is 0 Å². The molecule has 4 heterocycles.